The van der Waals surface area contributed by atoms with Crippen molar-refractivity contribution in [3.63, 3.8) is 0 Å². The smallest absolute Gasteiger partial charge is 0.0707 e. The summed E-state index contributed by atoms with van der Waals surface area (Å²) in [5.74, 6) is 0. The Hall–Kier alpha value is -0.120. The molecule has 3 unspecified atom stereocenters. The molecule has 2 heterocycles. The lowest BCUT2D eigenvalue weighted by Crippen LogP contribution is -2.52. The zero-order valence-corrected chi connectivity index (χ0v) is 11.1. The average Bonchev–Trinajstić information content (AvgIpc) is 2.53. The van der Waals surface area contributed by atoms with Crippen molar-refractivity contribution in [1.29, 1.82) is 0 Å². The maximum Gasteiger partial charge on any atom is 0.0707 e. The summed E-state index contributed by atoms with van der Waals surface area (Å²) in [6, 6.07) is 0.560. The molecule has 0 aromatic rings. The number of fused-ring (bicyclic) bond motifs is 2. The van der Waals surface area contributed by atoms with Gasteiger partial charge < -0.3 is 10.1 Å². The van der Waals surface area contributed by atoms with Crippen LogP contribution in [0.2, 0.25) is 0 Å². The first kappa shape index (κ1) is 12.3. The molecular weight excluding hydrogens is 200 g/mol. The minimum Gasteiger partial charge on any atom is -0.372 e. The number of hydrogen-bond acceptors (Lipinski definition) is 3. The number of rotatable bonds is 3. The molecule has 2 aliphatic rings. The second-order valence-corrected chi connectivity index (χ2v) is 6.38. The van der Waals surface area contributed by atoms with Gasteiger partial charge in [-0.2, -0.15) is 0 Å². The van der Waals surface area contributed by atoms with E-state index < -0.39 is 0 Å². The standard InChI is InChI=1S/C13H26N2O/c1-13(2,3)12(14-4)9-15-7-10-5-6-11(8-15)16-10/h10-12,14H,5-9H2,1-4H3. The summed E-state index contributed by atoms with van der Waals surface area (Å²) in [6.45, 7) is 10.3. The average molecular weight is 226 g/mol. The summed E-state index contributed by atoms with van der Waals surface area (Å²) >= 11 is 0. The molecule has 3 nitrogen and oxygen atoms in total. The van der Waals surface area contributed by atoms with Crippen LogP contribution in [0.15, 0.2) is 0 Å². The number of morpholine rings is 1. The van der Waals surface area contributed by atoms with Crippen molar-refractivity contribution in [2.45, 2.75) is 51.9 Å². The number of nitrogens with one attached hydrogen (secondary N) is 1. The number of nitrogens with zero attached hydrogens (tertiary/aromatic N) is 1. The quantitative estimate of drug-likeness (QED) is 0.789. The number of ether oxygens (including phenoxy) is 1. The molecule has 2 bridgehead atoms. The molecule has 0 spiro atoms. The van der Waals surface area contributed by atoms with E-state index in [1.807, 2.05) is 0 Å². The molecule has 2 aliphatic heterocycles. The van der Waals surface area contributed by atoms with E-state index in [0.29, 0.717) is 23.7 Å². The molecule has 2 fully saturated rings. The van der Waals surface area contributed by atoms with Crippen molar-refractivity contribution in [2.24, 2.45) is 5.41 Å². The fourth-order valence-corrected chi connectivity index (χ4v) is 2.90. The summed E-state index contributed by atoms with van der Waals surface area (Å²) in [7, 11) is 2.07. The van der Waals surface area contributed by atoms with Gasteiger partial charge in [0, 0.05) is 25.7 Å². The molecule has 2 rings (SSSR count). The molecule has 0 saturated carbocycles. The van der Waals surface area contributed by atoms with Gasteiger partial charge in [-0.15, -0.1) is 0 Å². The van der Waals surface area contributed by atoms with E-state index in [0.717, 1.165) is 19.6 Å². The molecule has 3 heteroatoms. The van der Waals surface area contributed by atoms with Gasteiger partial charge in [0.05, 0.1) is 12.2 Å². The largest absolute Gasteiger partial charge is 0.372 e. The normalized spacial score (nSPS) is 33.0. The van der Waals surface area contributed by atoms with Crippen LogP contribution in [-0.2, 0) is 4.74 Å². The molecule has 0 aromatic heterocycles. The van der Waals surface area contributed by atoms with Gasteiger partial charge >= 0.3 is 0 Å². The second kappa shape index (κ2) is 4.63. The Morgan fingerprint density at radius 3 is 2.25 bits per heavy atom. The summed E-state index contributed by atoms with van der Waals surface area (Å²) in [6.07, 6.45) is 3.55. The Labute approximate surface area is 99.5 Å². The number of hydrogen-bond donors (Lipinski definition) is 1. The van der Waals surface area contributed by atoms with Crippen LogP contribution >= 0.6 is 0 Å². The highest BCUT2D eigenvalue weighted by molar-refractivity contribution is 4.89. The lowest BCUT2D eigenvalue weighted by molar-refractivity contribution is -0.0438. The Morgan fingerprint density at radius 1 is 1.25 bits per heavy atom. The molecule has 0 radical (unpaired) electrons. The van der Waals surface area contributed by atoms with E-state index in [-0.39, 0.29) is 0 Å². The predicted octanol–water partition coefficient (Wildman–Crippen LogP) is 1.48. The number of likely N-dealkylation sites (N-methyl/N-ethyl adjacent to an activating group) is 1. The summed E-state index contributed by atoms with van der Waals surface area (Å²) in [5.41, 5.74) is 0.325. The van der Waals surface area contributed by atoms with Crippen LogP contribution in [0.5, 0.6) is 0 Å². The van der Waals surface area contributed by atoms with Crippen LogP contribution in [0.3, 0.4) is 0 Å². The Morgan fingerprint density at radius 2 is 1.81 bits per heavy atom. The molecule has 94 valence electrons. The third-order valence-electron chi connectivity index (χ3n) is 3.95. The van der Waals surface area contributed by atoms with E-state index in [4.69, 9.17) is 4.74 Å². The van der Waals surface area contributed by atoms with Crippen molar-refractivity contribution < 1.29 is 4.74 Å². The number of likely N-dealkylation sites (tertiary alicyclic amines) is 1. The molecule has 0 amide bonds. The maximum absolute atomic E-state index is 5.87. The zero-order chi connectivity index (χ0) is 11.8. The Kier molecular flexibility index (Phi) is 3.57. The molecule has 1 N–H and O–H groups in total. The molecule has 16 heavy (non-hydrogen) atoms. The Bertz CT molecular complexity index is 225. The first-order valence-corrected chi connectivity index (χ1v) is 6.54. The first-order chi connectivity index (χ1) is 7.49. The topological polar surface area (TPSA) is 24.5 Å². The molecular formula is C13H26N2O. The minimum absolute atomic E-state index is 0.325. The van der Waals surface area contributed by atoms with Crippen LogP contribution < -0.4 is 5.32 Å². The fraction of sp³-hybridized carbons (Fsp3) is 1.00. The van der Waals surface area contributed by atoms with Crippen LogP contribution in [0.4, 0.5) is 0 Å². The van der Waals surface area contributed by atoms with Crippen molar-refractivity contribution in [3.05, 3.63) is 0 Å². The van der Waals surface area contributed by atoms with Gasteiger partial charge in [-0.05, 0) is 25.3 Å². The second-order valence-electron chi connectivity index (χ2n) is 6.38. The van der Waals surface area contributed by atoms with Gasteiger partial charge in [0.25, 0.3) is 0 Å². The highest BCUT2D eigenvalue weighted by Gasteiger charge is 2.35. The van der Waals surface area contributed by atoms with Crippen molar-refractivity contribution in [2.75, 3.05) is 26.7 Å². The van der Waals surface area contributed by atoms with Gasteiger partial charge in [-0.1, -0.05) is 20.8 Å². The SMILES string of the molecule is CNC(CN1CC2CCC(C1)O2)C(C)(C)C. The van der Waals surface area contributed by atoms with Crippen molar-refractivity contribution >= 4 is 0 Å². The zero-order valence-electron chi connectivity index (χ0n) is 11.1. The fourth-order valence-electron chi connectivity index (χ4n) is 2.90. The van der Waals surface area contributed by atoms with E-state index in [1.54, 1.807) is 0 Å². The lowest BCUT2D eigenvalue weighted by Gasteiger charge is -2.38. The van der Waals surface area contributed by atoms with Gasteiger partial charge in [0.2, 0.25) is 0 Å². The van der Waals surface area contributed by atoms with E-state index >= 15 is 0 Å². The van der Waals surface area contributed by atoms with Crippen LogP contribution in [0, 0.1) is 5.41 Å². The van der Waals surface area contributed by atoms with Gasteiger partial charge in [0.1, 0.15) is 0 Å². The highest BCUT2D eigenvalue weighted by Crippen LogP contribution is 2.28. The van der Waals surface area contributed by atoms with Gasteiger partial charge in [0.15, 0.2) is 0 Å². The van der Waals surface area contributed by atoms with Gasteiger partial charge in [-0.3, -0.25) is 4.90 Å². The summed E-state index contributed by atoms with van der Waals surface area (Å²) in [4.78, 5) is 2.58. The minimum atomic E-state index is 0.325. The third kappa shape index (κ3) is 2.76. The summed E-state index contributed by atoms with van der Waals surface area (Å²) < 4.78 is 5.87. The molecule has 0 aromatic carbocycles. The van der Waals surface area contributed by atoms with Crippen LogP contribution in [-0.4, -0.2) is 49.8 Å². The maximum atomic E-state index is 5.87. The molecule has 2 saturated heterocycles. The monoisotopic (exact) mass is 226 g/mol. The van der Waals surface area contributed by atoms with Crippen molar-refractivity contribution in [3.8, 4) is 0 Å². The molecule has 3 atom stereocenters. The van der Waals surface area contributed by atoms with E-state index in [9.17, 15) is 0 Å². The molecule has 0 aliphatic carbocycles. The van der Waals surface area contributed by atoms with Gasteiger partial charge in [-0.25, -0.2) is 0 Å². The lowest BCUT2D eigenvalue weighted by atomic mass is 9.86. The summed E-state index contributed by atoms with van der Waals surface area (Å²) in [5, 5.41) is 3.46. The highest BCUT2D eigenvalue weighted by atomic mass is 16.5. The van der Waals surface area contributed by atoms with Crippen molar-refractivity contribution in [1.82, 2.24) is 10.2 Å². The first-order valence-electron chi connectivity index (χ1n) is 6.54. The predicted molar refractivity (Wildman–Crippen MR) is 66.6 cm³/mol. The van der Waals surface area contributed by atoms with Crippen LogP contribution in [0.25, 0.3) is 0 Å². The third-order valence-corrected chi connectivity index (χ3v) is 3.95. The van der Waals surface area contributed by atoms with Crippen LogP contribution in [0.1, 0.15) is 33.6 Å². The van der Waals surface area contributed by atoms with E-state index in [2.05, 4.69) is 38.0 Å². The Balaban J connectivity index is 1.89. The van der Waals surface area contributed by atoms with E-state index in [1.165, 1.54) is 12.8 Å².